The van der Waals surface area contributed by atoms with Gasteiger partial charge in [-0.15, -0.1) is 0 Å². The minimum atomic E-state index is -4.00. The van der Waals surface area contributed by atoms with Crippen LogP contribution in [-0.4, -0.2) is 43.5 Å². The van der Waals surface area contributed by atoms with E-state index in [4.69, 9.17) is 32.7 Å². The summed E-state index contributed by atoms with van der Waals surface area (Å²) in [7, 11) is -4.00. The highest BCUT2D eigenvalue weighted by molar-refractivity contribution is 7.89. The summed E-state index contributed by atoms with van der Waals surface area (Å²) < 4.78 is 39.4. The first-order chi connectivity index (χ1) is 15.9. The van der Waals surface area contributed by atoms with Crippen LogP contribution in [0.15, 0.2) is 41.3 Å². The van der Waals surface area contributed by atoms with Gasteiger partial charge in [0, 0.05) is 29.2 Å². The van der Waals surface area contributed by atoms with Crippen molar-refractivity contribution in [3.8, 4) is 17.6 Å². The molecule has 2 aromatic carbocycles. The van der Waals surface area contributed by atoms with Crippen LogP contribution in [0.25, 0.3) is 0 Å². The van der Waals surface area contributed by atoms with Gasteiger partial charge >= 0.3 is 6.09 Å². The van der Waals surface area contributed by atoms with Gasteiger partial charge in [-0.25, -0.2) is 13.2 Å². The SMILES string of the molecule is CC(C)(C)OC(=O)NC1CCN(S(=O)(=O)c2cc(C#N)ccc2Oc2cc(Cl)cc(Cl)c2)CC1. The molecule has 1 aliphatic heterocycles. The second-order valence-electron chi connectivity index (χ2n) is 8.81. The van der Waals surface area contributed by atoms with Crippen molar-refractivity contribution in [2.75, 3.05) is 13.1 Å². The molecule has 1 saturated heterocycles. The van der Waals surface area contributed by atoms with E-state index >= 15 is 0 Å². The smallest absolute Gasteiger partial charge is 0.407 e. The molecule has 0 saturated carbocycles. The Kier molecular flexibility index (Phi) is 7.98. The third-order valence-electron chi connectivity index (χ3n) is 4.93. The number of hydrogen-bond donors (Lipinski definition) is 1. The number of ether oxygens (including phenoxy) is 2. The Morgan fingerprint density at radius 1 is 1.12 bits per heavy atom. The quantitative estimate of drug-likeness (QED) is 0.564. The maximum atomic E-state index is 13.5. The van der Waals surface area contributed by atoms with Crippen molar-refractivity contribution in [1.29, 1.82) is 5.26 Å². The number of piperidine rings is 1. The lowest BCUT2D eigenvalue weighted by atomic mass is 10.1. The fourth-order valence-electron chi connectivity index (χ4n) is 3.43. The molecule has 0 atom stereocenters. The van der Waals surface area contributed by atoms with Gasteiger partial charge in [-0.3, -0.25) is 0 Å². The molecule has 0 unspecified atom stereocenters. The van der Waals surface area contributed by atoms with Gasteiger partial charge in [-0.1, -0.05) is 23.2 Å². The largest absolute Gasteiger partial charge is 0.456 e. The van der Waals surface area contributed by atoms with Crippen LogP contribution in [0.1, 0.15) is 39.2 Å². The Morgan fingerprint density at radius 3 is 2.29 bits per heavy atom. The molecule has 3 rings (SSSR count). The number of nitrogens with one attached hydrogen (secondary N) is 1. The van der Waals surface area contributed by atoms with Gasteiger partial charge in [0.25, 0.3) is 0 Å². The third kappa shape index (κ3) is 6.76. The standard InChI is InChI=1S/C23H25Cl2N3O5S/c1-23(2,3)33-22(29)27-18-6-8-28(9-7-18)34(30,31)21-10-15(14-26)4-5-20(21)32-19-12-16(24)11-17(25)13-19/h4-5,10-13,18H,6-9H2,1-3H3,(H,27,29). The molecular weight excluding hydrogens is 501 g/mol. The number of nitriles is 1. The van der Waals surface area contributed by atoms with Gasteiger partial charge < -0.3 is 14.8 Å². The molecule has 1 fully saturated rings. The van der Waals surface area contributed by atoms with Crippen LogP contribution in [0.4, 0.5) is 4.79 Å². The van der Waals surface area contributed by atoms with Crippen LogP contribution < -0.4 is 10.1 Å². The van der Waals surface area contributed by atoms with E-state index in [0.29, 0.717) is 22.9 Å². The average molecular weight is 526 g/mol. The molecule has 2 aromatic rings. The van der Waals surface area contributed by atoms with Gasteiger partial charge in [0.05, 0.1) is 11.6 Å². The fourth-order valence-corrected chi connectivity index (χ4v) is 5.55. The molecule has 0 spiro atoms. The lowest BCUT2D eigenvalue weighted by molar-refractivity contribution is 0.0489. The van der Waals surface area contributed by atoms with E-state index in [2.05, 4.69) is 5.32 Å². The molecule has 1 aliphatic rings. The molecule has 1 amide bonds. The summed E-state index contributed by atoms with van der Waals surface area (Å²) in [4.78, 5) is 11.9. The number of sulfonamides is 1. The van der Waals surface area contributed by atoms with Gasteiger partial charge in [0.15, 0.2) is 0 Å². The first-order valence-electron chi connectivity index (χ1n) is 10.5. The van der Waals surface area contributed by atoms with Crippen molar-refractivity contribution in [2.24, 2.45) is 0 Å². The maximum Gasteiger partial charge on any atom is 0.407 e. The Balaban J connectivity index is 1.79. The topological polar surface area (TPSA) is 109 Å². The first kappa shape index (κ1) is 26.1. The number of hydrogen-bond acceptors (Lipinski definition) is 6. The zero-order valence-electron chi connectivity index (χ0n) is 19.0. The zero-order chi connectivity index (χ0) is 25.1. The number of alkyl carbamates (subject to hydrolysis) is 1. The summed E-state index contributed by atoms with van der Waals surface area (Å²) >= 11 is 12.1. The van der Waals surface area contributed by atoms with Gasteiger partial charge in [0.2, 0.25) is 10.0 Å². The summed E-state index contributed by atoms with van der Waals surface area (Å²) in [6, 6.07) is 10.5. The predicted octanol–water partition coefficient (Wildman–Crippen LogP) is 5.34. The van der Waals surface area contributed by atoms with E-state index in [-0.39, 0.29) is 41.1 Å². The lowest BCUT2D eigenvalue weighted by Crippen LogP contribution is -2.47. The number of halogens is 2. The van der Waals surface area contributed by atoms with Crippen LogP contribution in [0.2, 0.25) is 10.0 Å². The Morgan fingerprint density at radius 2 is 1.74 bits per heavy atom. The number of carbonyl (C=O) groups is 1. The molecule has 0 aromatic heterocycles. The van der Waals surface area contributed by atoms with Crippen molar-refractivity contribution in [3.63, 3.8) is 0 Å². The van der Waals surface area contributed by atoms with Crippen molar-refractivity contribution < 1.29 is 22.7 Å². The Bertz CT molecular complexity index is 1190. The summed E-state index contributed by atoms with van der Waals surface area (Å²) in [5.74, 6) is 0.310. The van der Waals surface area contributed by atoms with Crippen molar-refractivity contribution in [1.82, 2.24) is 9.62 Å². The normalized spacial score (nSPS) is 15.4. The van der Waals surface area contributed by atoms with Gasteiger partial charge in [-0.05, 0) is 70.0 Å². The molecule has 0 aliphatic carbocycles. The average Bonchev–Trinajstić information content (AvgIpc) is 2.72. The number of rotatable bonds is 5. The molecule has 0 radical (unpaired) electrons. The molecule has 11 heteroatoms. The molecule has 1 heterocycles. The van der Waals surface area contributed by atoms with Crippen LogP contribution in [0.5, 0.6) is 11.5 Å². The third-order valence-corrected chi connectivity index (χ3v) is 7.29. The summed E-state index contributed by atoms with van der Waals surface area (Å²) in [5, 5.41) is 12.8. The second kappa shape index (κ2) is 10.4. The number of benzene rings is 2. The predicted molar refractivity (Wildman–Crippen MR) is 129 cm³/mol. The van der Waals surface area contributed by atoms with E-state index in [1.807, 2.05) is 6.07 Å². The highest BCUT2D eigenvalue weighted by Crippen LogP contribution is 2.35. The molecular formula is C23H25Cl2N3O5S. The van der Waals surface area contributed by atoms with Crippen LogP contribution in [0.3, 0.4) is 0 Å². The number of carbonyl (C=O) groups excluding carboxylic acids is 1. The second-order valence-corrected chi connectivity index (χ2v) is 11.6. The zero-order valence-corrected chi connectivity index (χ0v) is 21.3. The van der Waals surface area contributed by atoms with Crippen LogP contribution in [-0.2, 0) is 14.8 Å². The maximum absolute atomic E-state index is 13.5. The summed E-state index contributed by atoms with van der Waals surface area (Å²) in [6.07, 6.45) is 0.291. The van der Waals surface area contributed by atoms with E-state index in [1.54, 1.807) is 20.8 Å². The van der Waals surface area contributed by atoms with E-state index in [0.717, 1.165) is 0 Å². The molecule has 8 nitrogen and oxygen atoms in total. The fraction of sp³-hybridized carbons (Fsp3) is 0.391. The van der Waals surface area contributed by atoms with Gasteiger partial charge in [0.1, 0.15) is 22.0 Å². The minimum Gasteiger partial charge on any atom is -0.456 e. The Labute approximate surface area is 209 Å². The van der Waals surface area contributed by atoms with E-state index in [1.165, 1.54) is 40.7 Å². The number of nitrogens with zero attached hydrogens (tertiary/aromatic N) is 2. The highest BCUT2D eigenvalue weighted by Gasteiger charge is 2.33. The summed E-state index contributed by atoms with van der Waals surface area (Å²) in [5.41, 5.74) is -0.444. The molecule has 0 bridgehead atoms. The van der Waals surface area contributed by atoms with E-state index < -0.39 is 21.7 Å². The lowest BCUT2D eigenvalue weighted by Gasteiger charge is -2.32. The minimum absolute atomic E-state index is 0.0475. The van der Waals surface area contributed by atoms with Crippen LogP contribution >= 0.6 is 23.2 Å². The molecule has 182 valence electrons. The Hall–Kier alpha value is -2.51. The summed E-state index contributed by atoms with van der Waals surface area (Å²) in [6.45, 7) is 5.68. The van der Waals surface area contributed by atoms with Gasteiger partial charge in [-0.2, -0.15) is 9.57 Å². The first-order valence-corrected chi connectivity index (χ1v) is 12.7. The van der Waals surface area contributed by atoms with Crippen molar-refractivity contribution in [2.45, 2.75) is 50.2 Å². The highest BCUT2D eigenvalue weighted by atomic mass is 35.5. The van der Waals surface area contributed by atoms with Crippen molar-refractivity contribution >= 4 is 39.3 Å². The van der Waals surface area contributed by atoms with Crippen LogP contribution in [0, 0.1) is 11.3 Å². The monoisotopic (exact) mass is 525 g/mol. The molecule has 34 heavy (non-hydrogen) atoms. The van der Waals surface area contributed by atoms with E-state index in [9.17, 15) is 18.5 Å². The van der Waals surface area contributed by atoms with Crippen molar-refractivity contribution in [3.05, 3.63) is 52.0 Å². The number of amides is 1. The molecule has 1 N–H and O–H groups in total.